The first-order valence-electron chi connectivity index (χ1n) is 6.37. The van der Waals surface area contributed by atoms with Crippen molar-refractivity contribution in [1.29, 1.82) is 0 Å². The van der Waals surface area contributed by atoms with E-state index in [2.05, 4.69) is 57.2 Å². The van der Waals surface area contributed by atoms with Gasteiger partial charge in [0.25, 0.3) is 0 Å². The molecular formula is C14H18BrN3S. The van der Waals surface area contributed by atoms with Gasteiger partial charge in [0.15, 0.2) is 0 Å². The van der Waals surface area contributed by atoms with Crippen molar-refractivity contribution in [3.63, 3.8) is 0 Å². The Morgan fingerprint density at radius 2 is 2.16 bits per heavy atom. The van der Waals surface area contributed by atoms with Gasteiger partial charge in [-0.05, 0) is 29.0 Å². The van der Waals surface area contributed by atoms with E-state index >= 15 is 0 Å². The number of nitrogens with two attached hydrogens (primary N) is 1. The second-order valence-corrected chi connectivity index (χ2v) is 6.01. The molecule has 102 valence electrons. The van der Waals surface area contributed by atoms with Gasteiger partial charge in [-0.3, -0.25) is 0 Å². The SMILES string of the molecule is CCN(CC)C/C=C/c1cnc(N)c2c(Br)csc12. The van der Waals surface area contributed by atoms with Gasteiger partial charge >= 0.3 is 0 Å². The Hall–Kier alpha value is -0.910. The Morgan fingerprint density at radius 1 is 1.42 bits per heavy atom. The number of pyridine rings is 1. The molecule has 0 amide bonds. The summed E-state index contributed by atoms with van der Waals surface area (Å²) < 4.78 is 2.21. The lowest BCUT2D eigenvalue weighted by atomic mass is 10.2. The topological polar surface area (TPSA) is 42.2 Å². The van der Waals surface area contributed by atoms with Crippen molar-refractivity contribution in [1.82, 2.24) is 9.88 Å². The van der Waals surface area contributed by atoms with Gasteiger partial charge in [0, 0.05) is 38.2 Å². The minimum Gasteiger partial charge on any atom is -0.383 e. The van der Waals surface area contributed by atoms with Gasteiger partial charge in [0.05, 0.1) is 0 Å². The fraction of sp³-hybridized carbons (Fsp3) is 0.357. The molecule has 2 aromatic heterocycles. The van der Waals surface area contributed by atoms with Crippen molar-refractivity contribution in [2.45, 2.75) is 13.8 Å². The van der Waals surface area contributed by atoms with Crippen LogP contribution in [0, 0.1) is 0 Å². The number of hydrogen-bond acceptors (Lipinski definition) is 4. The van der Waals surface area contributed by atoms with E-state index in [1.165, 1.54) is 4.70 Å². The fourth-order valence-electron chi connectivity index (χ4n) is 1.98. The van der Waals surface area contributed by atoms with E-state index < -0.39 is 0 Å². The highest BCUT2D eigenvalue weighted by Crippen LogP contribution is 2.35. The summed E-state index contributed by atoms with van der Waals surface area (Å²) in [4.78, 5) is 6.63. The van der Waals surface area contributed by atoms with E-state index in [4.69, 9.17) is 5.73 Å². The van der Waals surface area contributed by atoms with E-state index in [9.17, 15) is 0 Å². The van der Waals surface area contributed by atoms with Gasteiger partial charge in [-0.15, -0.1) is 11.3 Å². The zero-order chi connectivity index (χ0) is 13.8. The summed E-state index contributed by atoms with van der Waals surface area (Å²) >= 11 is 5.22. The molecular weight excluding hydrogens is 322 g/mol. The minimum absolute atomic E-state index is 0.587. The average molecular weight is 340 g/mol. The second kappa shape index (κ2) is 6.50. The number of hydrogen-bond donors (Lipinski definition) is 1. The van der Waals surface area contributed by atoms with E-state index in [0.717, 1.165) is 35.1 Å². The molecule has 0 aromatic carbocycles. The molecule has 0 aliphatic rings. The van der Waals surface area contributed by atoms with Crippen LogP contribution in [0.2, 0.25) is 0 Å². The number of rotatable bonds is 5. The third-order valence-corrected chi connectivity index (χ3v) is 5.12. The maximum Gasteiger partial charge on any atom is 0.133 e. The molecule has 0 radical (unpaired) electrons. The number of thiophene rings is 1. The van der Waals surface area contributed by atoms with Crippen LogP contribution in [0.25, 0.3) is 16.2 Å². The van der Waals surface area contributed by atoms with Crippen molar-refractivity contribution in [2.24, 2.45) is 0 Å². The summed E-state index contributed by atoms with van der Waals surface area (Å²) in [5, 5.41) is 3.08. The highest BCUT2D eigenvalue weighted by molar-refractivity contribution is 9.10. The van der Waals surface area contributed by atoms with Gasteiger partial charge < -0.3 is 10.6 Å². The number of anilines is 1. The number of fused-ring (bicyclic) bond motifs is 1. The van der Waals surface area contributed by atoms with Crippen LogP contribution in [-0.4, -0.2) is 29.5 Å². The fourth-order valence-corrected chi connectivity index (χ4v) is 3.72. The van der Waals surface area contributed by atoms with Crippen LogP contribution in [0.1, 0.15) is 19.4 Å². The van der Waals surface area contributed by atoms with Crippen molar-refractivity contribution >= 4 is 49.2 Å². The van der Waals surface area contributed by atoms with Gasteiger partial charge in [0.1, 0.15) is 5.82 Å². The molecule has 2 heterocycles. The quantitative estimate of drug-likeness (QED) is 0.895. The van der Waals surface area contributed by atoms with Crippen molar-refractivity contribution in [3.8, 4) is 0 Å². The van der Waals surface area contributed by atoms with Gasteiger partial charge in [0.2, 0.25) is 0 Å². The summed E-state index contributed by atoms with van der Waals surface area (Å²) in [5.74, 6) is 0.587. The first-order chi connectivity index (χ1) is 9.17. The Morgan fingerprint density at radius 3 is 2.84 bits per heavy atom. The Kier molecular flexibility index (Phi) is 4.96. The maximum absolute atomic E-state index is 5.92. The molecule has 0 aliphatic carbocycles. The van der Waals surface area contributed by atoms with Gasteiger partial charge in [-0.2, -0.15) is 0 Å². The zero-order valence-electron chi connectivity index (χ0n) is 11.2. The normalized spacial score (nSPS) is 12.0. The molecule has 0 bridgehead atoms. The van der Waals surface area contributed by atoms with Crippen LogP contribution in [0.15, 0.2) is 22.1 Å². The lowest BCUT2D eigenvalue weighted by Crippen LogP contribution is -2.22. The smallest absolute Gasteiger partial charge is 0.133 e. The molecule has 5 heteroatoms. The monoisotopic (exact) mass is 339 g/mol. The molecule has 2 rings (SSSR count). The van der Waals surface area contributed by atoms with E-state index in [1.807, 2.05) is 6.20 Å². The highest BCUT2D eigenvalue weighted by atomic mass is 79.9. The molecule has 0 spiro atoms. The van der Waals surface area contributed by atoms with Crippen molar-refractivity contribution in [2.75, 3.05) is 25.4 Å². The Bertz CT molecular complexity index is 588. The predicted octanol–water partition coefficient (Wildman–Crippen LogP) is 4.00. The largest absolute Gasteiger partial charge is 0.383 e. The van der Waals surface area contributed by atoms with Crippen LogP contribution in [0.3, 0.4) is 0 Å². The molecule has 0 fully saturated rings. The van der Waals surface area contributed by atoms with Crippen LogP contribution in [-0.2, 0) is 0 Å². The molecule has 3 nitrogen and oxygen atoms in total. The maximum atomic E-state index is 5.92. The highest BCUT2D eigenvalue weighted by Gasteiger charge is 2.09. The molecule has 2 N–H and O–H groups in total. The third-order valence-electron chi connectivity index (χ3n) is 3.16. The number of nitrogen functional groups attached to an aromatic ring is 1. The molecule has 2 aromatic rings. The van der Waals surface area contributed by atoms with Gasteiger partial charge in [-0.1, -0.05) is 26.0 Å². The first kappa shape index (κ1) is 14.5. The minimum atomic E-state index is 0.587. The van der Waals surface area contributed by atoms with Gasteiger partial charge in [-0.25, -0.2) is 4.98 Å². The standard InChI is InChI=1S/C14H18BrN3S/c1-3-18(4-2)7-5-6-10-8-17-14(16)12-11(15)9-19-13(10)12/h5-6,8-9H,3-4,7H2,1-2H3,(H2,16,17)/b6-5+. The summed E-state index contributed by atoms with van der Waals surface area (Å²) in [6.07, 6.45) is 6.17. The lowest BCUT2D eigenvalue weighted by molar-refractivity contribution is 0.338. The van der Waals surface area contributed by atoms with Crippen molar-refractivity contribution in [3.05, 3.63) is 27.7 Å². The third kappa shape index (κ3) is 3.16. The van der Waals surface area contributed by atoms with Crippen LogP contribution in [0.4, 0.5) is 5.82 Å². The predicted molar refractivity (Wildman–Crippen MR) is 88.6 cm³/mol. The molecule has 0 saturated heterocycles. The summed E-state index contributed by atoms with van der Waals surface area (Å²) in [6.45, 7) is 7.46. The summed E-state index contributed by atoms with van der Waals surface area (Å²) in [7, 11) is 0. The Balaban J connectivity index is 2.26. The van der Waals surface area contributed by atoms with E-state index in [0.29, 0.717) is 5.82 Å². The molecule has 0 saturated carbocycles. The van der Waals surface area contributed by atoms with Crippen molar-refractivity contribution < 1.29 is 0 Å². The summed E-state index contributed by atoms with van der Waals surface area (Å²) in [6, 6.07) is 0. The molecule has 19 heavy (non-hydrogen) atoms. The van der Waals surface area contributed by atoms with E-state index in [-0.39, 0.29) is 0 Å². The van der Waals surface area contributed by atoms with Crippen LogP contribution >= 0.6 is 27.3 Å². The number of halogens is 1. The molecule has 0 aliphatic heterocycles. The second-order valence-electron chi connectivity index (χ2n) is 4.27. The number of aromatic nitrogens is 1. The van der Waals surface area contributed by atoms with Crippen LogP contribution < -0.4 is 5.73 Å². The zero-order valence-corrected chi connectivity index (χ0v) is 13.6. The summed E-state index contributed by atoms with van der Waals surface area (Å²) in [5.41, 5.74) is 7.06. The first-order valence-corrected chi connectivity index (χ1v) is 8.04. The molecule has 0 atom stereocenters. The average Bonchev–Trinajstić information content (AvgIpc) is 2.80. The lowest BCUT2D eigenvalue weighted by Gasteiger charge is -2.14. The number of nitrogens with zero attached hydrogens (tertiary/aromatic N) is 2. The number of likely N-dealkylation sites (N-methyl/N-ethyl adjacent to an activating group) is 1. The Labute approximate surface area is 126 Å². The van der Waals surface area contributed by atoms with Crippen LogP contribution in [0.5, 0.6) is 0 Å². The van der Waals surface area contributed by atoms with E-state index in [1.54, 1.807) is 11.3 Å². The molecule has 0 unspecified atom stereocenters.